The van der Waals surface area contributed by atoms with Crippen molar-refractivity contribution in [1.82, 2.24) is 5.32 Å². The highest BCUT2D eigenvalue weighted by atomic mass is 32.2. The minimum Gasteiger partial charge on any atom is -0.349 e. The first kappa shape index (κ1) is 20.0. The van der Waals surface area contributed by atoms with E-state index in [-0.39, 0.29) is 34.5 Å². The summed E-state index contributed by atoms with van der Waals surface area (Å²) in [6.45, 7) is 0. The van der Waals surface area contributed by atoms with Gasteiger partial charge < -0.3 is 10.6 Å². The Balaban J connectivity index is 1.52. The molecule has 1 aliphatic rings. The van der Waals surface area contributed by atoms with E-state index in [1.165, 1.54) is 36.4 Å². The van der Waals surface area contributed by atoms with Crippen molar-refractivity contribution < 1.29 is 22.8 Å². The Hall–Kier alpha value is -2.74. The maximum atomic E-state index is 12.3. The summed E-state index contributed by atoms with van der Waals surface area (Å²) in [5.74, 6) is -0.517. The molecule has 0 aromatic heterocycles. The van der Waals surface area contributed by atoms with Gasteiger partial charge in [0.1, 0.15) is 0 Å². The van der Waals surface area contributed by atoms with Crippen LogP contribution >= 0.6 is 11.8 Å². The molecule has 0 spiro atoms. The summed E-state index contributed by atoms with van der Waals surface area (Å²) in [6.07, 6.45) is 4.82. The summed E-state index contributed by atoms with van der Waals surface area (Å²) in [5, 5.41) is 5.55. The number of halogens is 3. The minimum absolute atomic E-state index is 0.0833. The summed E-state index contributed by atoms with van der Waals surface area (Å²) < 4.78 is 36.9. The largest absolute Gasteiger partial charge is 0.446 e. The number of carbonyl (C=O) groups is 2. The lowest BCUT2D eigenvalue weighted by molar-refractivity contribution is -0.111. The van der Waals surface area contributed by atoms with Crippen molar-refractivity contribution in [3.63, 3.8) is 0 Å². The fourth-order valence-corrected chi connectivity index (χ4v) is 2.88. The van der Waals surface area contributed by atoms with Crippen molar-refractivity contribution in [1.29, 1.82) is 0 Å². The predicted molar refractivity (Wildman–Crippen MR) is 103 cm³/mol. The Labute approximate surface area is 164 Å². The van der Waals surface area contributed by atoms with Crippen LogP contribution in [0.25, 0.3) is 6.08 Å². The van der Waals surface area contributed by atoms with Gasteiger partial charge in [0.15, 0.2) is 0 Å². The van der Waals surface area contributed by atoms with Crippen molar-refractivity contribution in [3.8, 4) is 0 Å². The van der Waals surface area contributed by atoms with E-state index in [2.05, 4.69) is 10.6 Å². The summed E-state index contributed by atoms with van der Waals surface area (Å²) in [7, 11) is 0. The van der Waals surface area contributed by atoms with Gasteiger partial charge in [-0.3, -0.25) is 9.59 Å². The third kappa shape index (κ3) is 6.45. The van der Waals surface area contributed by atoms with E-state index in [4.69, 9.17) is 0 Å². The molecule has 0 atom stereocenters. The van der Waals surface area contributed by atoms with Crippen LogP contribution in [0.4, 0.5) is 18.9 Å². The third-order valence-corrected chi connectivity index (χ3v) is 4.61. The molecule has 2 aromatic carbocycles. The summed E-state index contributed by atoms with van der Waals surface area (Å²) in [4.78, 5) is 24.0. The van der Waals surface area contributed by atoms with E-state index in [9.17, 15) is 22.8 Å². The van der Waals surface area contributed by atoms with Crippen LogP contribution in [0.5, 0.6) is 0 Å². The van der Waals surface area contributed by atoms with E-state index in [0.717, 1.165) is 12.8 Å². The quantitative estimate of drug-likeness (QED) is 0.533. The van der Waals surface area contributed by atoms with Gasteiger partial charge in [0.25, 0.3) is 5.91 Å². The van der Waals surface area contributed by atoms with Gasteiger partial charge in [-0.2, -0.15) is 13.2 Å². The molecule has 3 rings (SSSR count). The maximum Gasteiger partial charge on any atom is 0.446 e. The minimum atomic E-state index is -4.33. The lowest BCUT2D eigenvalue weighted by atomic mass is 10.2. The highest BCUT2D eigenvalue weighted by Crippen LogP contribution is 2.36. The Kier molecular flexibility index (Phi) is 6.08. The Morgan fingerprint density at radius 2 is 1.64 bits per heavy atom. The molecule has 146 valence electrons. The van der Waals surface area contributed by atoms with Crippen molar-refractivity contribution in [2.45, 2.75) is 29.3 Å². The molecule has 2 N–H and O–H groups in total. The Morgan fingerprint density at radius 1 is 1.00 bits per heavy atom. The van der Waals surface area contributed by atoms with E-state index >= 15 is 0 Å². The van der Waals surface area contributed by atoms with Gasteiger partial charge >= 0.3 is 5.51 Å². The number of amides is 2. The lowest BCUT2D eigenvalue weighted by Crippen LogP contribution is -2.25. The number of hydrogen-bond acceptors (Lipinski definition) is 3. The van der Waals surface area contributed by atoms with Crippen molar-refractivity contribution >= 4 is 35.3 Å². The molecule has 1 saturated carbocycles. The summed E-state index contributed by atoms with van der Waals surface area (Å²) >= 11 is -0.187. The monoisotopic (exact) mass is 406 g/mol. The molecule has 0 radical (unpaired) electrons. The molecule has 0 saturated heterocycles. The third-order valence-electron chi connectivity index (χ3n) is 3.87. The zero-order valence-electron chi connectivity index (χ0n) is 14.6. The second-order valence-corrected chi connectivity index (χ2v) is 7.40. The molecule has 1 aliphatic carbocycles. The Bertz CT molecular complexity index is 874. The molecule has 4 nitrogen and oxygen atoms in total. The second kappa shape index (κ2) is 8.52. The highest BCUT2D eigenvalue weighted by molar-refractivity contribution is 8.00. The van der Waals surface area contributed by atoms with Gasteiger partial charge in [-0.25, -0.2) is 0 Å². The molecule has 0 aliphatic heterocycles. The molecule has 0 heterocycles. The van der Waals surface area contributed by atoms with Crippen molar-refractivity contribution in [3.05, 3.63) is 65.7 Å². The van der Waals surface area contributed by atoms with Gasteiger partial charge in [0, 0.05) is 28.3 Å². The number of nitrogens with one attached hydrogen (secondary N) is 2. The zero-order valence-corrected chi connectivity index (χ0v) is 15.4. The van der Waals surface area contributed by atoms with Gasteiger partial charge in [0.05, 0.1) is 0 Å². The fraction of sp³-hybridized carbons (Fsp3) is 0.200. The SMILES string of the molecule is O=C(/C=C/c1ccc(SC(F)(F)F)cc1)Nc1ccc(C(=O)NC2CC2)cc1. The first-order valence-corrected chi connectivity index (χ1v) is 9.36. The van der Waals surface area contributed by atoms with Crippen molar-refractivity contribution in [2.24, 2.45) is 0 Å². The Morgan fingerprint density at radius 3 is 2.21 bits per heavy atom. The van der Waals surface area contributed by atoms with Crippen LogP contribution in [0, 0.1) is 0 Å². The summed E-state index contributed by atoms with van der Waals surface area (Å²) in [5.41, 5.74) is -2.66. The van der Waals surface area contributed by atoms with E-state index < -0.39 is 5.51 Å². The number of carbonyl (C=O) groups excluding carboxylic acids is 2. The van der Waals surface area contributed by atoms with E-state index in [1.807, 2.05) is 0 Å². The van der Waals surface area contributed by atoms with Crippen LogP contribution in [0.1, 0.15) is 28.8 Å². The normalized spacial score (nSPS) is 14.1. The van der Waals surface area contributed by atoms with Crippen LogP contribution in [0.15, 0.2) is 59.5 Å². The number of rotatable bonds is 6. The standard InChI is InChI=1S/C20H17F3N2O2S/c21-20(22,23)28-17-10-1-13(2-11-17)3-12-18(26)24-15-6-4-14(5-7-15)19(27)25-16-8-9-16/h1-7,10-12,16H,8-9H2,(H,24,26)(H,25,27)/b12-3+. The molecule has 0 unspecified atom stereocenters. The molecular formula is C20H17F3N2O2S. The molecule has 2 amide bonds. The van der Waals surface area contributed by atoms with Crippen LogP contribution in [0.2, 0.25) is 0 Å². The molecule has 0 bridgehead atoms. The topological polar surface area (TPSA) is 58.2 Å². The molecule has 1 fully saturated rings. The van der Waals surface area contributed by atoms with Crippen LogP contribution in [-0.2, 0) is 4.79 Å². The number of hydrogen-bond donors (Lipinski definition) is 2. The van der Waals surface area contributed by atoms with Crippen molar-refractivity contribution in [2.75, 3.05) is 5.32 Å². The van der Waals surface area contributed by atoms with E-state index in [1.54, 1.807) is 24.3 Å². The molecule has 2 aromatic rings. The molecule has 8 heteroatoms. The van der Waals surface area contributed by atoms with Gasteiger partial charge in [-0.15, -0.1) is 0 Å². The maximum absolute atomic E-state index is 12.3. The van der Waals surface area contributed by atoms with E-state index in [0.29, 0.717) is 16.8 Å². The average Bonchev–Trinajstić information content (AvgIpc) is 3.44. The fourth-order valence-electron chi connectivity index (χ4n) is 2.34. The highest BCUT2D eigenvalue weighted by Gasteiger charge is 2.29. The smallest absolute Gasteiger partial charge is 0.349 e. The van der Waals surface area contributed by atoms with Gasteiger partial charge in [0.2, 0.25) is 5.91 Å². The van der Waals surface area contributed by atoms with Gasteiger partial charge in [-0.05, 0) is 72.6 Å². The lowest BCUT2D eigenvalue weighted by Gasteiger charge is -2.06. The predicted octanol–water partition coefficient (Wildman–Crippen LogP) is 4.84. The van der Waals surface area contributed by atoms with Gasteiger partial charge in [-0.1, -0.05) is 12.1 Å². The number of benzene rings is 2. The first-order valence-electron chi connectivity index (χ1n) is 8.54. The van der Waals surface area contributed by atoms with Crippen LogP contribution in [0.3, 0.4) is 0 Å². The number of alkyl halides is 3. The zero-order chi connectivity index (χ0) is 20.1. The van der Waals surface area contributed by atoms with Crippen LogP contribution < -0.4 is 10.6 Å². The second-order valence-electron chi connectivity index (χ2n) is 6.26. The molecule has 28 heavy (non-hydrogen) atoms. The number of anilines is 1. The average molecular weight is 406 g/mol. The summed E-state index contributed by atoms with van der Waals surface area (Å²) in [6, 6.07) is 12.5. The van der Waals surface area contributed by atoms with Crippen LogP contribution in [-0.4, -0.2) is 23.4 Å². The molecular weight excluding hydrogens is 389 g/mol. The number of thioether (sulfide) groups is 1. The first-order chi connectivity index (χ1) is 13.3.